The number of benzene rings is 2. The zero-order valence-corrected chi connectivity index (χ0v) is 12.3. The molecule has 1 aromatic heterocycles. The van der Waals surface area contributed by atoms with Crippen LogP contribution in [-0.2, 0) is 4.79 Å². The van der Waals surface area contributed by atoms with Crippen molar-refractivity contribution in [2.24, 2.45) is 11.7 Å². The van der Waals surface area contributed by atoms with Crippen LogP contribution in [0.2, 0.25) is 0 Å². The number of hydrogen-bond acceptors (Lipinski definition) is 3. The van der Waals surface area contributed by atoms with E-state index in [1.54, 1.807) is 36.5 Å². The summed E-state index contributed by atoms with van der Waals surface area (Å²) in [4.78, 5) is 27.3. The number of carbonyl (C=O) groups is 2. The molecule has 5 heteroatoms. The molecule has 0 bridgehead atoms. The lowest BCUT2D eigenvalue weighted by Crippen LogP contribution is -2.34. The molecule has 2 unspecified atom stereocenters. The molecule has 0 fully saturated rings. The number of nitrogens with one attached hydrogen (secondary N) is 1. The van der Waals surface area contributed by atoms with Crippen molar-refractivity contribution in [2.75, 3.05) is 0 Å². The molecule has 3 rings (SSSR count). The SMILES string of the molecule is NC(c1c[nH]c2ccccc12)C(C(=O)O)C(=O)c1ccccc1. The molecule has 2 atom stereocenters. The largest absolute Gasteiger partial charge is 0.481 e. The zero-order chi connectivity index (χ0) is 16.4. The van der Waals surface area contributed by atoms with Gasteiger partial charge in [-0.1, -0.05) is 48.5 Å². The number of carbonyl (C=O) groups excluding carboxylic acids is 1. The summed E-state index contributed by atoms with van der Waals surface area (Å²) in [5.74, 6) is -3.05. The molecule has 23 heavy (non-hydrogen) atoms. The summed E-state index contributed by atoms with van der Waals surface area (Å²) in [5.41, 5.74) is 7.99. The summed E-state index contributed by atoms with van der Waals surface area (Å²) in [6, 6.07) is 14.9. The van der Waals surface area contributed by atoms with Gasteiger partial charge in [0.15, 0.2) is 5.78 Å². The maximum atomic E-state index is 12.6. The number of H-pyrrole nitrogens is 1. The van der Waals surface area contributed by atoms with Gasteiger partial charge in [-0.25, -0.2) is 0 Å². The van der Waals surface area contributed by atoms with E-state index in [4.69, 9.17) is 5.73 Å². The Morgan fingerprint density at radius 3 is 2.35 bits per heavy atom. The molecule has 2 aromatic carbocycles. The van der Waals surface area contributed by atoms with E-state index in [2.05, 4.69) is 4.98 Å². The molecule has 0 aliphatic heterocycles. The third-order valence-electron chi connectivity index (χ3n) is 3.95. The van der Waals surface area contributed by atoms with Gasteiger partial charge >= 0.3 is 5.97 Å². The van der Waals surface area contributed by atoms with E-state index in [1.807, 2.05) is 24.3 Å². The molecule has 4 N–H and O–H groups in total. The van der Waals surface area contributed by atoms with Gasteiger partial charge in [-0.2, -0.15) is 0 Å². The normalized spacial score (nSPS) is 13.6. The van der Waals surface area contributed by atoms with Crippen LogP contribution in [0, 0.1) is 5.92 Å². The van der Waals surface area contributed by atoms with Gasteiger partial charge in [-0.15, -0.1) is 0 Å². The highest BCUT2D eigenvalue weighted by Crippen LogP contribution is 2.29. The number of hydrogen-bond donors (Lipinski definition) is 3. The van der Waals surface area contributed by atoms with E-state index in [0.717, 1.165) is 10.9 Å². The lowest BCUT2D eigenvalue weighted by atomic mass is 9.87. The fourth-order valence-electron chi connectivity index (χ4n) is 2.76. The lowest BCUT2D eigenvalue weighted by molar-refractivity contribution is -0.140. The second-order valence-electron chi connectivity index (χ2n) is 5.36. The summed E-state index contributed by atoms with van der Waals surface area (Å²) in [5, 5.41) is 10.4. The Labute approximate surface area is 132 Å². The number of nitrogens with two attached hydrogens (primary N) is 1. The first-order chi connectivity index (χ1) is 11.1. The van der Waals surface area contributed by atoms with Gasteiger partial charge in [0.1, 0.15) is 5.92 Å². The first-order valence-electron chi connectivity index (χ1n) is 7.23. The highest BCUT2D eigenvalue weighted by molar-refractivity contribution is 6.09. The van der Waals surface area contributed by atoms with E-state index in [1.165, 1.54) is 0 Å². The van der Waals surface area contributed by atoms with Gasteiger partial charge in [-0.3, -0.25) is 9.59 Å². The standard InChI is InChI=1S/C18H16N2O3/c19-16(13-10-20-14-9-5-4-8-12(13)14)15(18(22)23)17(21)11-6-2-1-3-7-11/h1-10,15-16,20H,19H2,(H,22,23). The van der Waals surface area contributed by atoms with Crippen molar-refractivity contribution in [3.05, 3.63) is 71.9 Å². The second-order valence-corrected chi connectivity index (χ2v) is 5.36. The third-order valence-corrected chi connectivity index (χ3v) is 3.95. The first kappa shape index (κ1) is 15.0. The van der Waals surface area contributed by atoms with Gasteiger partial charge in [0.25, 0.3) is 0 Å². The van der Waals surface area contributed by atoms with E-state index in [9.17, 15) is 14.7 Å². The van der Waals surface area contributed by atoms with Crippen LogP contribution in [-0.4, -0.2) is 21.8 Å². The first-order valence-corrected chi connectivity index (χ1v) is 7.23. The fraction of sp³-hybridized carbons (Fsp3) is 0.111. The van der Waals surface area contributed by atoms with Gasteiger partial charge < -0.3 is 15.8 Å². The Kier molecular flexibility index (Phi) is 3.95. The van der Waals surface area contributed by atoms with Gasteiger partial charge in [0, 0.05) is 22.7 Å². The number of carboxylic acids is 1. The lowest BCUT2D eigenvalue weighted by Gasteiger charge is -2.19. The number of Topliss-reactive ketones (excluding diaryl/α,β-unsaturated/α-hetero) is 1. The van der Waals surface area contributed by atoms with Crippen molar-refractivity contribution in [3.8, 4) is 0 Å². The topological polar surface area (TPSA) is 96.2 Å². The molecule has 116 valence electrons. The average Bonchev–Trinajstić information content (AvgIpc) is 2.99. The number of aromatic amines is 1. The van der Waals surface area contributed by atoms with Crippen LogP contribution in [0.5, 0.6) is 0 Å². The molecule has 0 aliphatic rings. The fourth-order valence-corrected chi connectivity index (χ4v) is 2.76. The quantitative estimate of drug-likeness (QED) is 0.499. The number of aliphatic carboxylic acids is 1. The highest BCUT2D eigenvalue weighted by Gasteiger charge is 2.35. The molecular weight excluding hydrogens is 292 g/mol. The number of aromatic nitrogens is 1. The van der Waals surface area contributed by atoms with Crippen molar-refractivity contribution < 1.29 is 14.7 Å². The van der Waals surface area contributed by atoms with E-state index >= 15 is 0 Å². The Balaban J connectivity index is 2.01. The molecule has 0 saturated heterocycles. The van der Waals surface area contributed by atoms with Crippen molar-refractivity contribution in [1.29, 1.82) is 0 Å². The van der Waals surface area contributed by atoms with E-state index < -0.39 is 23.7 Å². The predicted octanol–water partition coefficient (Wildman–Crippen LogP) is 2.75. The molecule has 1 heterocycles. The summed E-state index contributed by atoms with van der Waals surface area (Å²) in [6.07, 6.45) is 1.67. The number of fused-ring (bicyclic) bond motifs is 1. The van der Waals surface area contributed by atoms with E-state index in [0.29, 0.717) is 11.1 Å². The number of rotatable bonds is 5. The van der Waals surface area contributed by atoms with Crippen LogP contribution >= 0.6 is 0 Å². The van der Waals surface area contributed by atoms with Crippen molar-refractivity contribution in [2.45, 2.75) is 6.04 Å². The number of para-hydroxylation sites is 1. The Morgan fingerprint density at radius 1 is 1.00 bits per heavy atom. The Morgan fingerprint density at radius 2 is 1.65 bits per heavy atom. The second kappa shape index (κ2) is 6.06. The summed E-state index contributed by atoms with van der Waals surface area (Å²) in [7, 11) is 0. The van der Waals surface area contributed by atoms with Crippen LogP contribution in [0.25, 0.3) is 10.9 Å². The molecule has 0 aliphatic carbocycles. The van der Waals surface area contributed by atoms with Gasteiger partial charge in [-0.05, 0) is 11.6 Å². The summed E-state index contributed by atoms with van der Waals surface area (Å²) >= 11 is 0. The monoisotopic (exact) mass is 308 g/mol. The van der Waals surface area contributed by atoms with Gasteiger partial charge in [0.05, 0.1) is 6.04 Å². The van der Waals surface area contributed by atoms with Crippen molar-refractivity contribution in [1.82, 2.24) is 4.98 Å². The molecule has 3 aromatic rings. The maximum Gasteiger partial charge on any atom is 0.316 e. The summed E-state index contributed by atoms with van der Waals surface area (Å²) in [6.45, 7) is 0. The Bertz CT molecular complexity index is 855. The Hall–Kier alpha value is -2.92. The maximum absolute atomic E-state index is 12.6. The zero-order valence-electron chi connectivity index (χ0n) is 12.3. The molecule has 0 radical (unpaired) electrons. The molecule has 0 amide bonds. The minimum Gasteiger partial charge on any atom is -0.481 e. The van der Waals surface area contributed by atoms with Crippen LogP contribution in [0.3, 0.4) is 0 Å². The van der Waals surface area contributed by atoms with E-state index in [-0.39, 0.29) is 0 Å². The van der Waals surface area contributed by atoms with Crippen LogP contribution in [0.15, 0.2) is 60.8 Å². The molecule has 0 saturated carbocycles. The third kappa shape index (κ3) is 2.74. The average molecular weight is 308 g/mol. The molecular formula is C18H16N2O3. The predicted molar refractivity (Wildman–Crippen MR) is 87.1 cm³/mol. The highest BCUT2D eigenvalue weighted by atomic mass is 16.4. The number of carboxylic acid groups (broad SMARTS) is 1. The van der Waals surface area contributed by atoms with Crippen LogP contribution < -0.4 is 5.73 Å². The summed E-state index contributed by atoms with van der Waals surface area (Å²) < 4.78 is 0. The smallest absolute Gasteiger partial charge is 0.316 e. The van der Waals surface area contributed by atoms with Gasteiger partial charge in [0.2, 0.25) is 0 Å². The minimum absolute atomic E-state index is 0.343. The number of ketones is 1. The van der Waals surface area contributed by atoms with Crippen molar-refractivity contribution in [3.63, 3.8) is 0 Å². The molecule has 0 spiro atoms. The van der Waals surface area contributed by atoms with Crippen LogP contribution in [0.1, 0.15) is 22.0 Å². The van der Waals surface area contributed by atoms with Crippen molar-refractivity contribution >= 4 is 22.7 Å². The minimum atomic E-state index is -1.34. The molecule has 5 nitrogen and oxygen atoms in total. The van der Waals surface area contributed by atoms with Crippen LogP contribution in [0.4, 0.5) is 0 Å².